The third-order valence-corrected chi connectivity index (χ3v) is 5.34. The van der Waals surface area contributed by atoms with Gasteiger partial charge in [-0.1, -0.05) is 52.9 Å². The molecule has 138 valence electrons. The monoisotopic (exact) mass is 353 g/mol. The van der Waals surface area contributed by atoms with Gasteiger partial charge in [0, 0.05) is 17.8 Å². The lowest BCUT2D eigenvalue weighted by molar-refractivity contribution is -0.147. The van der Waals surface area contributed by atoms with Crippen molar-refractivity contribution in [1.29, 1.82) is 0 Å². The van der Waals surface area contributed by atoms with Crippen LogP contribution in [0.25, 0.3) is 0 Å². The first-order chi connectivity index (χ1) is 11.5. The molecule has 1 aromatic rings. The SMILES string of the molecule is CCCCCCCCNC(C)C(OC(C)=O)c1cc(C(C)C)cs1. The van der Waals surface area contributed by atoms with Crippen LogP contribution >= 0.6 is 11.3 Å². The summed E-state index contributed by atoms with van der Waals surface area (Å²) < 4.78 is 5.61. The minimum absolute atomic E-state index is 0.128. The molecule has 3 nitrogen and oxygen atoms in total. The van der Waals surface area contributed by atoms with Gasteiger partial charge in [0.15, 0.2) is 6.10 Å². The highest BCUT2D eigenvalue weighted by Crippen LogP contribution is 2.31. The molecule has 0 saturated carbocycles. The van der Waals surface area contributed by atoms with Gasteiger partial charge in [0.05, 0.1) is 0 Å². The van der Waals surface area contributed by atoms with Crippen molar-refractivity contribution in [3.8, 4) is 0 Å². The van der Waals surface area contributed by atoms with Gasteiger partial charge in [0.25, 0.3) is 0 Å². The number of carbonyl (C=O) groups excluding carboxylic acids is 1. The molecule has 1 rings (SSSR count). The highest BCUT2D eigenvalue weighted by Gasteiger charge is 2.24. The van der Waals surface area contributed by atoms with E-state index < -0.39 is 0 Å². The van der Waals surface area contributed by atoms with E-state index in [1.807, 2.05) is 0 Å². The lowest BCUT2D eigenvalue weighted by Crippen LogP contribution is -2.34. The number of thiophene rings is 1. The van der Waals surface area contributed by atoms with Crippen LogP contribution < -0.4 is 5.32 Å². The van der Waals surface area contributed by atoms with Crippen LogP contribution in [-0.2, 0) is 9.53 Å². The number of hydrogen-bond acceptors (Lipinski definition) is 4. The van der Waals surface area contributed by atoms with E-state index in [-0.39, 0.29) is 18.1 Å². The molecule has 0 aliphatic rings. The number of rotatable bonds is 12. The van der Waals surface area contributed by atoms with Crippen molar-refractivity contribution in [2.45, 2.75) is 91.2 Å². The van der Waals surface area contributed by atoms with E-state index in [4.69, 9.17) is 4.74 Å². The molecule has 0 aliphatic carbocycles. The number of nitrogens with one attached hydrogen (secondary N) is 1. The molecule has 0 spiro atoms. The Kier molecular flexibility index (Phi) is 10.3. The minimum Gasteiger partial charge on any atom is -0.455 e. The Morgan fingerprint density at radius 1 is 1.17 bits per heavy atom. The predicted molar refractivity (Wildman–Crippen MR) is 104 cm³/mol. The fraction of sp³-hybridized carbons (Fsp3) is 0.750. The molecule has 0 fully saturated rings. The largest absolute Gasteiger partial charge is 0.455 e. The third-order valence-electron chi connectivity index (χ3n) is 4.33. The Labute approximate surface area is 152 Å². The van der Waals surface area contributed by atoms with Crippen LogP contribution in [0.4, 0.5) is 0 Å². The lowest BCUT2D eigenvalue weighted by Gasteiger charge is -2.24. The number of carbonyl (C=O) groups is 1. The summed E-state index contributed by atoms with van der Waals surface area (Å²) in [7, 11) is 0. The molecular weight excluding hydrogens is 318 g/mol. The molecule has 1 heterocycles. The smallest absolute Gasteiger partial charge is 0.303 e. The van der Waals surface area contributed by atoms with Crippen molar-refractivity contribution in [2.24, 2.45) is 0 Å². The molecule has 1 aromatic heterocycles. The second kappa shape index (κ2) is 11.6. The number of esters is 1. The van der Waals surface area contributed by atoms with E-state index in [1.54, 1.807) is 11.3 Å². The Hall–Kier alpha value is -0.870. The average molecular weight is 354 g/mol. The predicted octanol–water partition coefficient (Wildman–Crippen LogP) is 5.81. The van der Waals surface area contributed by atoms with E-state index in [1.165, 1.54) is 51.0 Å². The first kappa shape index (κ1) is 21.2. The molecule has 4 heteroatoms. The van der Waals surface area contributed by atoms with Crippen LogP contribution in [0.3, 0.4) is 0 Å². The lowest BCUT2D eigenvalue weighted by atomic mass is 10.0. The van der Waals surface area contributed by atoms with Crippen LogP contribution in [0.2, 0.25) is 0 Å². The molecule has 0 aliphatic heterocycles. The number of hydrogen-bond donors (Lipinski definition) is 1. The third kappa shape index (κ3) is 7.80. The highest BCUT2D eigenvalue weighted by molar-refractivity contribution is 7.10. The molecule has 0 radical (unpaired) electrons. The number of unbranched alkanes of at least 4 members (excludes halogenated alkanes) is 5. The first-order valence-corrected chi connectivity index (χ1v) is 10.3. The van der Waals surface area contributed by atoms with Gasteiger partial charge in [-0.2, -0.15) is 0 Å². The summed E-state index contributed by atoms with van der Waals surface area (Å²) in [5.74, 6) is 0.284. The maximum absolute atomic E-state index is 11.5. The summed E-state index contributed by atoms with van der Waals surface area (Å²) >= 11 is 1.69. The number of ether oxygens (including phenoxy) is 1. The molecule has 0 bridgehead atoms. The summed E-state index contributed by atoms with van der Waals surface area (Å²) in [5.41, 5.74) is 1.32. The molecule has 0 amide bonds. The molecule has 2 unspecified atom stereocenters. The van der Waals surface area contributed by atoms with E-state index in [0.717, 1.165) is 11.4 Å². The maximum Gasteiger partial charge on any atom is 0.303 e. The van der Waals surface area contributed by atoms with Gasteiger partial charge < -0.3 is 10.1 Å². The zero-order valence-electron chi connectivity index (χ0n) is 16.1. The second-order valence-electron chi connectivity index (χ2n) is 6.98. The fourth-order valence-electron chi connectivity index (χ4n) is 2.75. The Bertz CT molecular complexity index is 470. The molecule has 24 heavy (non-hydrogen) atoms. The minimum atomic E-state index is -0.215. The molecule has 0 saturated heterocycles. The summed E-state index contributed by atoms with van der Waals surface area (Å²) in [4.78, 5) is 12.6. The average Bonchev–Trinajstić information content (AvgIpc) is 3.01. The van der Waals surface area contributed by atoms with E-state index in [2.05, 4.69) is 44.5 Å². The van der Waals surface area contributed by atoms with Gasteiger partial charge in [-0.15, -0.1) is 11.3 Å². The van der Waals surface area contributed by atoms with Crippen LogP contribution in [0, 0.1) is 0 Å². The van der Waals surface area contributed by atoms with E-state index in [9.17, 15) is 4.79 Å². The van der Waals surface area contributed by atoms with Crippen molar-refractivity contribution in [2.75, 3.05) is 6.54 Å². The summed E-state index contributed by atoms with van der Waals surface area (Å²) in [6.45, 7) is 11.2. The van der Waals surface area contributed by atoms with Crippen LogP contribution in [-0.4, -0.2) is 18.6 Å². The molecule has 2 atom stereocenters. The van der Waals surface area contributed by atoms with Crippen LogP contribution in [0.5, 0.6) is 0 Å². The Morgan fingerprint density at radius 3 is 2.42 bits per heavy atom. The summed E-state index contributed by atoms with van der Waals surface area (Å²) in [5, 5.41) is 5.72. The molecule has 1 N–H and O–H groups in total. The molecule has 0 aromatic carbocycles. The van der Waals surface area contributed by atoms with E-state index >= 15 is 0 Å². The Morgan fingerprint density at radius 2 is 1.83 bits per heavy atom. The first-order valence-electron chi connectivity index (χ1n) is 9.44. The van der Waals surface area contributed by atoms with Crippen molar-refractivity contribution in [1.82, 2.24) is 5.32 Å². The van der Waals surface area contributed by atoms with Gasteiger partial charge in [-0.25, -0.2) is 0 Å². The van der Waals surface area contributed by atoms with Crippen LogP contribution in [0.15, 0.2) is 11.4 Å². The fourth-order valence-corrected chi connectivity index (χ4v) is 3.95. The zero-order valence-corrected chi connectivity index (χ0v) is 16.9. The zero-order chi connectivity index (χ0) is 17.9. The van der Waals surface area contributed by atoms with Gasteiger partial charge in [-0.3, -0.25) is 4.79 Å². The van der Waals surface area contributed by atoms with E-state index in [0.29, 0.717) is 5.92 Å². The topological polar surface area (TPSA) is 38.3 Å². The van der Waals surface area contributed by atoms with Gasteiger partial charge >= 0.3 is 5.97 Å². The second-order valence-corrected chi connectivity index (χ2v) is 7.92. The van der Waals surface area contributed by atoms with Gasteiger partial charge in [0.1, 0.15) is 0 Å². The maximum atomic E-state index is 11.5. The van der Waals surface area contributed by atoms with Gasteiger partial charge in [0.2, 0.25) is 0 Å². The normalized spacial score (nSPS) is 13.9. The Balaban J connectivity index is 2.49. The van der Waals surface area contributed by atoms with Crippen LogP contribution in [0.1, 0.15) is 95.6 Å². The van der Waals surface area contributed by atoms with Crippen molar-refractivity contribution < 1.29 is 9.53 Å². The van der Waals surface area contributed by atoms with Crippen molar-refractivity contribution in [3.63, 3.8) is 0 Å². The standard InChI is InChI=1S/C20H35NO2S/c1-6-7-8-9-10-11-12-21-16(4)20(23-17(5)22)19-13-18(14-24-19)15(2)3/h13-16,20-21H,6-12H2,1-5H3. The summed E-state index contributed by atoms with van der Waals surface area (Å²) in [6, 6.07) is 2.31. The van der Waals surface area contributed by atoms with Gasteiger partial charge in [-0.05, 0) is 42.8 Å². The molecular formula is C20H35NO2S. The summed E-state index contributed by atoms with van der Waals surface area (Å²) in [6.07, 6.45) is 7.56. The van der Waals surface area contributed by atoms with Crippen molar-refractivity contribution in [3.05, 3.63) is 21.9 Å². The van der Waals surface area contributed by atoms with Crippen molar-refractivity contribution >= 4 is 17.3 Å². The highest BCUT2D eigenvalue weighted by atomic mass is 32.1. The quantitative estimate of drug-likeness (QED) is 0.380.